The van der Waals surface area contributed by atoms with E-state index in [1.165, 1.54) is 0 Å². The molecule has 1 heterocycles. The second-order valence-electron chi connectivity index (χ2n) is 3.76. The van der Waals surface area contributed by atoms with Gasteiger partial charge in [-0.05, 0) is 25.2 Å². The summed E-state index contributed by atoms with van der Waals surface area (Å²) in [5.74, 6) is 1.21. The van der Waals surface area contributed by atoms with E-state index in [4.69, 9.17) is 0 Å². The SMILES string of the molecule is CC(C)CC1CCCNC1=O. The summed E-state index contributed by atoms with van der Waals surface area (Å²) in [6, 6.07) is 0. The zero-order valence-corrected chi connectivity index (χ0v) is 7.39. The third kappa shape index (κ3) is 2.52. The Balaban J connectivity index is 2.36. The van der Waals surface area contributed by atoms with E-state index in [0.717, 1.165) is 25.8 Å². The summed E-state index contributed by atoms with van der Waals surface area (Å²) in [7, 11) is 0. The van der Waals surface area contributed by atoms with Gasteiger partial charge in [-0.1, -0.05) is 13.8 Å². The zero-order chi connectivity index (χ0) is 8.27. The Bertz CT molecular complexity index is 142. The van der Waals surface area contributed by atoms with Crippen LogP contribution in [-0.4, -0.2) is 12.5 Å². The minimum atomic E-state index is 0.268. The minimum Gasteiger partial charge on any atom is -0.356 e. The van der Waals surface area contributed by atoms with Crippen LogP contribution in [0.1, 0.15) is 33.1 Å². The molecule has 0 radical (unpaired) electrons. The summed E-state index contributed by atoms with van der Waals surface area (Å²) in [5, 5.41) is 2.90. The number of hydrogen-bond donors (Lipinski definition) is 1. The minimum absolute atomic E-state index is 0.268. The van der Waals surface area contributed by atoms with Crippen molar-refractivity contribution in [3.05, 3.63) is 0 Å². The molecular formula is C9H17NO. The highest BCUT2D eigenvalue weighted by Crippen LogP contribution is 2.19. The lowest BCUT2D eigenvalue weighted by atomic mass is 9.90. The fourth-order valence-electron chi connectivity index (χ4n) is 1.63. The molecule has 1 aliphatic rings. The number of carbonyl (C=O) groups is 1. The summed E-state index contributed by atoms with van der Waals surface area (Å²) >= 11 is 0. The fourth-order valence-corrected chi connectivity index (χ4v) is 1.63. The number of hydrogen-bond acceptors (Lipinski definition) is 1. The third-order valence-corrected chi connectivity index (χ3v) is 2.16. The Morgan fingerprint density at radius 2 is 2.36 bits per heavy atom. The first-order valence-electron chi connectivity index (χ1n) is 4.48. The molecule has 0 aliphatic carbocycles. The van der Waals surface area contributed by atoms with Gasteiger partial charge in [-0.15, -0.1) is 0 Å². The Labute approximate surface area is 68.4 Å². The van der Waals surface area contributed by atoms with E-state index < -0.39 is 0 Å². The van der Waals surface area contributed by atoms with Crippen LogP contribution in [-0.2, 0) is 4.79 Å². The average molecular weight is 155 g/mol. The number of rotatable bonds is 2. The van der Waals surface area contributed by atoms with Crippen LogP contribution in [0.3, 0.4) is 0 Å². The van der Waals surface area contributed by atoms with Crippen molar-refractivity contribution in [2.24, 2.45) is 11.8 Å². The number of piperidine rings is 1. The average Bonchev–Trinajstić information content (AvgIpc) is 1.93. The smallest absolute Gasteiger partial charge is 0.223 e. The molecule has 0 aromatic heterocycles. The monoisotopic (exact) mass is 155 g/mol. The maximum atomic E-state index is 11.2. The van der Waals surface area contributed by atoms with Crippen molar-refractivity contribution in [1.82, 2.24) is 5.32 Å². The van der Waals surface area contributed by atoms with Gasteiger partial charge in [0.15, 0.2) is 0 Å². The first kappa shape index (κ1) is 8.57. The van der Waals surface area contributed by atoms with Crippen LogP contribution in [0.25, 0.3) is 0 Å². The molecule has 1 fully saturated rings. The van der Waals surface area contributed by atoms with Gasteiger partial charge >= 0.3 is 0 Å². The Kier molecular flexibility index (Phi) is 2.92. The van der Waals surface area contributed by atoms with Crippen LogP contribution >= 0.6 is 0 Å². The molecule has 2 nitrogen and oxygen atoms in total. The van der Waals surface area contributed by atoms with Gasteiger partial charge in [0.25, 0.3) is 0 Å². The standard InChI is InChI=1S/C9H17NO/c1-7(2)6-8-4-3-5-10-9(8)11/h7-8H,3-6H2,1-2H3,(H,10,11). The molecule has 0 bridgehead atoms. The maximum absolute atomic E-state index is 11.2. The predicted octanol–water partition coefficient (Wildman–Crippen LogP) is 1.56. The van der Waals surface area contributed by atoms with E-state index in [-0.39, 0.29) is 5.91 Å². The quantitative estimate of drug-likeness (QED) is 0.644. The predicted molar refractivity (Wildman–Crippen MR) is 45.2 cm³/mol. The second kappa shape index (κ2) is 3.74. The van der Waals surface area contributed by atoms with Gasteiger partial charge in [0.1, 0.15) is 0 Å². The van der Waals surface area contributed by atoms with Crippen LogP contribution in [0, 0.1) is 11.8 Å². The van der Waals surface area contributed by atoms with Crippen molar-refractivity contribution in [1.29, 1.82) is 0 Å². The molecule has 2 heteroatoms. The van der Waals surface area contributed by atoms with Gasteiger partial charge in [0.05, 0.1) is 0 Å². The first-order valence-corrected chi connectivity index (χ1v) is 4.48. The summed E-state index contributed by atoms with van der Waals surface area (Å²) in [4.78, 5) is 11.2. The van der Waals surface area contributed by atoms with Crippen LogP contribution < -0.4 is 5.32 Å². The molecule has 1 atom stereocenters. The fraction of sp³-hybridized carbons (Fsp3) is 0.889. The van der Waals surface area contributed by atoms with E-state index in [1.54, 1.807) is 0 Å². The van der Waals surface area contributed by atoms with Crippen molar-refractivity contribution in [2.75, 3.05) is 6.54 Å². The van der Waals surface area contributed by atoms with Crippen molar-refractivity contribution in [3.8, 4) is 0 Å². The highest BCUT2D eigenvalue weighted by Gasteiger charge is 2.22. The first-order chi connectivity index (χ1) is 5.20. The Morgan fingerprint density at radius 1 is 1.64 bits per heavy atom. The van der Waals surface area contributed by atoms with Crippen molar-refractivity contribution >= 4 is 5.91 Å². The Hall–Kier alpha value is -0.530. The lowest BCUT2D eigenvalue weighted by Gasteiger charge is -2.22. The molecule has 64 valence electrons. The largest absolute Gasteiger partial charge is 0.356 e. The maximum Gasteiger partial charge on any atom is 0.223 e. The van der Waals surface area contributed by atoms with Gasteiger partial charge in [0, 0.05) is 12.5 Å². The van der Waals surface area contributed by atoms with E-state index in [1.807, 2.05) is 0 Å². The lowest BCUT2D eigenvalue weighted by molar-refractivity contribution is -0.127. The van der Waals surface area contributed by atoms with Crippen LogP contribution in [0.15, 0.2) is 0 Å². The van der Waals surface area contributed by atoms with E-state index in [0.29, 0.717) is 11.8 Å². The van der Waals surface area contributed by atoms with Gasteiger partial charge in [0.2, 0.25) is 5.91 Å². The molecule has 1 N–H and O–H groups in total. The summed E-state index contributed by atoms with van der Waals surface area (Å²) in [6.45, 7) is 5.22. The number of nitrogens with one attached hydrogen (secondary N) is 1. The van der Waals surface area contributed by atoms with Gasteiger partial charge < -0.3 is 5.32 Å². The molecule has 11 heavy (non-hydrogen) atoms. The molecule has 0 aromatic carbocycles. The molecule has 1 saturated heterocycles. The third-order valence-electron chi connectivity index (χ3n) is 2.16. The van der Waals surface area contributed by atoms with Crippen molar-refractivity contribution < 1.29 is 4.79 Å². The molecule has 1 amide bonds. The van der Waals surface area contributed by atoms with Crippen LogP contribution in [0.4, 0.5) is 0 Å². The van der Waals surface area contributed by atoms with E-state index in [9.17, 15) is 4.79 Å². The second-order valence-corrected chi connectivity index (χ2v) is 3.76. The topological polar surface area (TPSA) is 29.1 Å². The number of carbonyl (C=O) groups excluding carboxylic acids is 1. The van der Waals surface area contributed by atoms with Gasteiger partial charge in [-0.25, -0.2) is 0 Å². The molecule has 0 saturated carbocycles. The van der Waals surface area contributed by atoms with Gasteiger partial charge in [-0.2, -0.15) is 0 Å². The summed E-state index contributed by atoms with van der Waals surface area (Å²) in [6.07, 6.45) is 3.29. The molecular weight excluding hydrogens is 138 g/mol. The molecule has 1 unspecified atom stereocenters. The normalized spacial score (nSPS) is 25.4. The van der Waals surface area contributed by atoms with Gasteiger partial charge in [-0.3, -0.25) is 4.79 Å². The highest BCUT2D eigenvalue weighted by molar-refractivity contribution is 5.79. The van der Waals surface area contributed by atoms with Crippen LogP contribution in [0.2, 0.25) is 0 Å². The highest BCUT2D eigenvalue weighted by atomic mass is 16.1. The molecule has 1 rings (SSSR count). The molecule has 1 aliphatic heterocycles. The lowest BCUT2D eigenvalue weighted by Crippen LogP contribution is -2.36. The summed E-state index contributed by atoms with van der Waals surface area (Å²) < 4.78 is 0. The molecule has 0 spiro atoms. The van der Waals surface area contributed by atoms with Crippen molar-refractivity contribution in [2.45, 2.75) is 33.1 Å². The van der Waals surface area contributed by atoms with E-state index in [2.05, 4.69) is 19.2 Å². The van der Waals surface area contributed by atoms with Crippen LogP contribution in [0.5, 0.6) is 0 Å². The van der Waals surface area contributed by atoms with E-state index >= 15 is 0 Å². The zero-order valence-electron chi connectivity index (χ0n) is 7.39. The Morgan fingerprint density at radius 3 is 2.91 bits per heavy atom. The summed E-state index contributed by atoms with van der Waals surface area (Å²) in [5.41, 5.74) is 0. The molecule has 0 aromatic rings. The number of amides is 1. The van der Waals surface area contributed by atoms with Crippen molar-refractivity contribution in [3.63, 3.8) is 0 Å².